The quantitative estimate of drug-likeness (QED) is 0.770. The number of hydrogen-bond donors (Lipinski definition) is 1. The molecule has 0 radical (unpaired) electrons. The Hall–Kier alpha value is -3.03. The minimum Gasteiger partial charge on any atom is -0.496 e. The van der Waals surface area contributed by atoms with Crippen LogP contribution in [0.4, 0.5) is 5.95 Å². The number of rotatable bonds is 3. The summed E-state index contributed by atoms with van der Waals surface area (Å²) in [7, 11) is 4.89. The van der Waals surface area contributed by atoms with Gasteiger partial charge in [0.05, 0.1) is 29.9 Å². The molecular formula is C18H21N5O3. The molecule has 1 saturated heterocycles. The maximum absolute atomic E-state index is 12.5. The number of anilines is 1. The Labute approximate surface area is 150 Å². The van der Waals surface area contributed by atoms with Crippen molar-refractivity contribution in [3.63, 3.8) is 0 Å². The molecule has 1 N–H and O–H groups in total. The van der Waals surface area contributed by atoms with Crippen molar-refractivity contribution >= 4 is 28.4 Å². The first-order valence-electron chi connectivity index (χ1n) is 8.59. The molecule has 136 valence electrons. The number of hydrogen-bond acceptors (Lipinski definition) is 5. The summed E-state index contributed by atoms with van der Waals surface area (Å²) >= 11 is 0. The number of ether oxygens (including phenoxy) is 1. The van der Waals surface area contributed by atoms with Crippen molar-refractivity contribution in [2.75, 3.05) is 39.2 Å². The molecule has 3 aromatic rings. The van der Waals surface area contributed by atoms with Gasteiger partial charge in [0, 0.05) is 33.3 Å². The van der Waals surface area contributed by atoms with E-state index in [9.17, 15) is 9.59 Å². The molecule has 8 heteroatoms. The van der Waals surface area contributed by atoms with Gasteiger partial charge in [0.15, 0.2) is 0 Å². The van der Waals surface area contributed by atoms with Gasteiger partial charge in [-0.1, -0.05) is 0 Å². The van der Waals surface area contributed by atoms with Gasteiger partial charge < -0.3 is 19.5 Å². The van der Waals surface area contributed by atoms with Crippen LogP contribution in [0.3, 0.4) is 0 Å². The lowest BCUT2D eigenvalue weighted by Gasteiger charge is -2.18. The normalized spacial score (nSPS) is 14.3. The molecule has 1 amide bonds. The Balaban J connectivity index is 2.04. The zero-order chi connectivity index (χ0) is 18.4. The topological polar surface area (TPSA) is 82.9 Å². The number of benzene rings is 1. The van der Waals surface area contributed by atoms with Crippen LogP contribution in [-0.2, 0) is 0 Å². The molecule has 3 heterocycles. The number of nitrogens with one attached hydrogen (secondary N) is 1. The zero-order valence-electron chi connectivity index (χ0n) is 15.1. The van der Waals surface area contributed by atoms with Gasteiger partial charge >= 0.3 is 0 Å². The Morgan fingerprint density at radius 3 is 2.62 bits per heavy atom. The molecule has 1 fully saturated rings. The highest BCUT2D eigenvalue weighted by molar-refractivity contribution is 6.00. The number of amides is 1. The largest absolute Gasteiger partial charge is 0.496 e. The molecule has 0 bridgehead atoms. The lowest BCUT2D eigenvalue weighted by atomic mass is 10.1. The summed E-state index contributed by atoms with van der Waals surface area (Å²) in [4.78, 5) is 36.0. The Morgan fingerprint density at radius 2 is 1.96 bits per heavy atom. The SMILES string of the molecule is COc1cc2c(cc1C(=O)N(C)C)[nH]c(=O)c1cnc(N3CCCC3)n12. The third kappa shape index (κ3) is 2.40. The fourth-order valence-electron chi connectivity index (χ4n) is 3.50. The predicted molar refractivity (Wildman–Crippen MR) is 99.3 cm³/mol. The maximum Gasteiger partial charge on any atom is 0.274 e. The Kier molecular flexibility index (Phi) is 3.82. The van der Waals surface area contributed by atoms with Crippen molar-refractivity contribution in [2.45, 2.75) is 12.8 Å². The molecular weight excluding hydrogens is 334 g/mol. The second-order valence-corrected chi connectivity index (χ2v) is 6.70. The van der Waals surface area contributed by atoms with E-state index in [1.54, 1.807) is 32.4 Å². The highest BCUT2D eigenvalue weighted by atomic mass is 16.5. The number of carbonyl (C=O) groups is 1. The molecule has 0 aliphatic carbocycles. The third-order valence-electron chi connectivity index (χ3n) is 4.81. The van der Waals surface area contributed by atoms with Crippen LogP contribution >= 0.6 is 0 Å². The summed E-state index contributed by atoms with van der Waals surface area (Å²) < 4.78 is 7.31. The number of aromatic nitrogens is 3. The molecule has 4 rings (SSSR count). The van der Waals surface area contributed by atoms with E-state index in [0.717, 1.165) is 37.4 Å². The van der Waals surface area contributed by atoms with Gasteiger partial charge in [-0.05, 0) is 18.9 Å². The van der Waals surface area contributed by atoms with Crippen molar-refractivity contribution in [2.24, 2.45) is 0 Å². The van der Waals surface area contributed by atoms with E-state index < -0.39 is 0 Å². The number of fused-ring (bicyclic) bond motifs is 3. The van der Waals surface area contributed by atoms with E-state index in [2.05, 4.69) is 14.9 Å². The highest BCUT2D eigenvalue weighted by Crippen LogP contribution is 2.29. The van der Waals surface area contributed by atoms with Gasteiger partial charge in [0.1, 0.15) is 11.3 Å². The number of nitrogens with zero attached hydrogens (tertiary/aromatic N) is 4. The monoisotopic (exact) mass is 355 g/mol. The number of carbonyl (C=O) groups excluding carboxylic acids is 1. The van der Waals surface area contributed by atoms with E-state index in [0.29, 0.717) is 22.3 Å². The van der Waals surface area contributed by atoms with Crippen LogP contribution in [0.25, 0.3) is 16.6 Å². The minimum atomic E-state index is -0.233. The van der Waals surface area contributed by atoms with Gasteiger partial charge in [0.2, 0.25) is 5.95 Å². The molecule has 26 heavy (non-hydrogen) atoms. The van der Waals surface area contributed by atoms with Gasteiger partial charge in [-0.3, -0.25) is 14.0 Å². The Morgan fingerprint density at radius 1 is 1.23 bits per heavy atom. The predicted octanol–water partition coefficient (Wildman–Crippen LogP) is 1.49. The first-order chi connectivity index (χ1) is 12.5. The molecule has 0 saturated carbocycles. The molecule has 2 aromatic heterocycles. The van der Waals surface area contributed by atoms with Crippen molar-refractivity contribution in [3.8, 4) is 5.75 Å². The molecule has 1 aliphatic heterocycles. The van der Waals surface area contributed by atoms with Crippen LogP contribution in [0.1, 0.15) is 23.2 Å². The third-order valence-corrected chi connectivity index (χ3v) is 4.81. The first kappa shape index (κ1) is 16.4. The number of imidazole rings is 1. The summed E-state index contributed by atoms with van der Waals surface area (Å²) in [5.41, 5.74) is 1.98. The Bertz CT molecular complexity index is 1060. The van der Waals surface area contributed by atoms with Gasteiger partial charge in [0.25, 0.3) is 11.5 Å². The van der Waals surface area contributed by atoms with Crippen LogP contribution in [0, 0.1) is 0 Å². The van der Waals surface area contributed by atoms with Crippen LogP contribution in [0.15, 0.2) is 23.1 Å². The summed E-state index contributed by atoms with van der Waals surface area (Å²) in [6.45, 7) is 1.84. The van der Waals surface area contributed by atoms with E-state index in [4.69, 9.17) is 4.74 Å². The van der Waals surface area contributed by atoms with Crippen LogP contribution in [-0.4, -0.2) is 59.5 Å². The van der Waals surface area contributed by atoms with Crippen molar-refractivity contribution in [1.29, 1.82) is 0 Å². The minimum absolute atomic E-state index is 0.185. The summed E-state index contributed by atoms with van der Waals surface area (Å²) in [5.74, 6) is 1.03. The fraction of sp³-hybridized carbons (Fsp3) is 0.389. The standard InChI is InChI=1S/C18H21N5O3/c1-21(2)17(25)11-8-12-13(9-15(11)26-3)23-14(16(24)20-12)10-19-18(23)22-6-4-5-7-22/h8-10H,4-7H2,1-3H3,(H,20,24). The summed E-state index contributed by atoms with van der Waals surface area (Å²) in [6, 6.07) is 3.46. The van der Waals surface area contributed by atoms with Crippen molar-refractivity contribution in [3.05, 3.63) is 34.2 Å². The molecule has 1 aliphatic rings. The van der Waals surface area contributed by atoms with Crippen molar-refractivity contribution in [1.82, 2.24) is 19.3 Å². The van der Waals surface area contributed by atoms with Crippen molar-refractivity contribution < 1.29 is 9.53 Å². The summed E-state index contributed by atoms with van der Waals surface area (Å²) in [5, 5.41) is 0. The average Bonchev–Trinajstić information content (AvgIpc) is 3.29. The van der Waals surface area contributed by atoms with Gasteiger partial charge in [-0.25, -0.2) is 4.98 Å². The maximum atomic E-state index is 12.5. The van der Waals surface area contributed by atoms with Crippen LogP contribution in [0.2, 0.25) is 0 Å². The molecule has 1 aromatic carbocycles. The van der Waals surface area contributed by atoms with Crippen LogP contribution in [0.5, 0.6) is 5.75 Å². The number of aromatic amines is 1. The molecule has 0 atom stereocenters. The average molecular weight is 355 g/mol. The van der Waals surface area contributed by atoms with Crippen LogP contribution < -0.4 is 15.2 Å². The lowest BCUT2D eigenvalue weighted by Crippen LogP contribution is -2.23. The lowest BCUT2D eigenvalue weighted by molar-refractivity contribution is 0.0824. The second-order valence-electron chi connectivity index (χ2n) is 6.70. The number of H-pyrrole nitrogens is 1. The molecule has 0 unspecified atom stereocenters. The smallest absolute Gasteiger partial charge is 0.274 e. The number of methoxy groups -OCH3 is 1. The van der Waals surface area contributed by atoms with E-state index in [1.807, 2.05) is 4.40 Å². The molecule has 8 nitrogen and oxygen atoms in total. The zero-order valence-corrected chi connectivity index (χ0v) is 15.1. The first-order valence-corrected chi connectivity index (χ1v) is 8.59. The molecule has 0 spiro atoms. The van der Waals surface area contributed by atoms with E-state index in [-0.39, 0.29) is 11.5 Å². The van der Waals surface area contributed by atoms with E-state index >= 15 is 0 Å². The van der Waals surface area contributed by atoms with E-state index in [1.165, 1.54) is 12.0 Å². The second kappa shape index (κ2) is 6.05. The highest BCUT2D eigenvalue weighted by Gasteiger charge is 2.22. The fourth-order valence-corrected chi connectivity index (χ4v) is 3.50. The van der Waals surface area contributed by atoms with Gasteiger partial charge in [-0.15, -0.1) is 0 Å². The van der Waals surface area contributed by atoms with Gasteiger partial charge in [-0.2, -0.15) is 0 Å². The summed E-state index contributed by atoms with van der Waals surface area (Å²) in [6.07, 6.45) is 3.82.